The molecule has 0 aromatic carbocycles. The fraction of sp³-hybridized carbons (Fsp3) is 0.818. The van der Waals surface area contributed by atoms with Gasteiger partial charge in [0.15, 0.2) is 6.29 Å². The van der Waals surface area contributed by atoms with E-state index < -0.39 is 82.5 Å². The van der Waals surface area contributed by atoms with Gasteiger partial charge in [-0.3, -0.25) is 4.79 Å². The van der Waals surface area contributed by atoms with E-state index in [9.17, 15) is 35.1 Å². The van der Waals surface area contributed by atoms with Gasteiger partial charge in [0.25, 0.3) is 0 Å². The van der Waals surface area contributed by atoms with Crippen LogP contribution in [0, 0.1) is 22.7 Å². The SMILES string of the molecule is COC1C(O)C(C)OC(OC2CCC3(C)C(C2)C(OC(C)=O)CC2(O)C3CCC3(C)C(c4ccc(=O)oc4)C(O)CC32O)C1O. The smallest absolute Gasteiger partial charge is 0.335 e. The second-order valence-corrected chi connectivity index (χ2v) is 14.8. The average molecular weight is 637 g/mol. The van der Waals surface area contributed by atoms with Gasteiger partial charge in [0.2, 0.25) is 0 Å². The Kier molecular flexibility index (Phi) is 8.34. The maximum Gasteiger partial charge on any atom is 0.335 e. The highest BCUT2D eigenvalue weighted by molar-refractivity contribution is 5.66. The number of carbonyl (C=O) groups is 1. The van der Waals surface area contributed by atoms with Crippen LogP contribution in [0.4, 0.5) is 0 Å². The van der Waals surface area contributed by atoms with Crippen LogP contribution in [-0.4, -0.2) is 98.8 Å². The number of aliphatic hydroxyl groups is 5. The second-order valence-electron chi connectivity index (χ2n) is 14.8. The van der Waals surface area contributed by atoms with Gasteiger partial charge in [0.05, 0.1) is 24.6 Å². The van der Waals surface area contributed by atoms with E-state index >= 15 is 0 Å². The van der Waals surface area contributed by atoms with Crippen LogP contribution in [0.5, 0.6) is 0 Å². The summed E-state index contributed by atoms with van der Waals surface area (Å²) in [5.41, 5.74) is -4.87. The van der Waals surface area contributed by atoms with E-state index in [2.05, 4.69) is 6.92 Å². The highest BCUT2D eigenvalue weighted by atomic mass is 16.7. The van der Waals surface area contributed by atoms with Crippen LogP contribution in [0.2, 0.25) is 0 Å². The molecule has 1 aromatic rings. The molecule has 12 heteroatoms. The van der Waals surface area contributed by atoms with Crippen molar-refractivity contribution in [3.63, 3.8) is 0 Å². The van der Waals surface area contributed by atoms with E-state index in [4.69, 9.17) is 23.4 Å². The quantitative estimate of drug-likeness (QED) is 0.231. The molecule has 5 aliphatic rings. The first-order valence-corrected chi connectivity index (χ1v) is 16.2. The minimum absolute atomic E-state index is 0.0167. The van der Waals surface area contributed by atoms with Crippen LogP contribution in [0.25, 0.3) is 0 Å². The molecule has 5 fully saturated rings. The van der Waals surface area contributed by atoms with E-state index in [1.54, 1.807) is 13.0 Å². The van der Waals surface area contributed by atoms with Gasteiger partial charge in [-0.05, 0) is 62.0 Å². The zero-order valence-corrected chi connectivity index (χ0v) is 26.6. The van der Waals surface area contributed by atoms with Gasteiger partial charge in [-0.1, -0.05) is 13.8 Å². The molecule has 15 unspecified atom stereocenters. The number of fused-ring (bicyclic) bond motifs is 5. The fourth-order valence-corrected chi connectivity index (χ4v) is 10.5. The number of hydrogen-bond acceptors (Lipinski definition) is 12. The molecule has 6 rings (SSSR count). The van der Waals surface area contributed by atoms with E-state index in [1.807, 2.05) is 6.92 Å². The zero-order chi connectivity index (χ0) is 32.7. The third-order valence-electron chi connectivity index (χ3n) is 12.7. The van der Waals surface area contributed by atoms with Crippen LogP contribution in [0.3, 0.4) is 0 Å². The average Bonchev–Trinajstić information content (AvgIpc) is 3.18. The molecule has 1 aromatic heterocycles. The predicted octanol–water partition coefficient (Wildman–Crippen LogP) is 1.38. The lowest BCUT2D eigenvalue weighted by atomic mass is 9.40. The predicted molar refractivity (Wildman–Crippen MR) is 157 cm³/mol. The van der Waals surface area contributed by atoms with Gasteiger partial charge in [-0.25, -0.2) is 4.79 Å². The van der Waals surface area contributed by atoms with Crippen LogP contribution >= 0.6 is 0 Å². The van der Waals surface area contributed by atoms with Gasteiger partial charge in [-0.2, -0.15) is 0 Å². The Balaban J connectivity index is 1.30. The molecule has 0 radical (unpaired) electrons. The van der Waals surface area contributed by atoms with Gasteiger partial charge in [0, 0.05) is 50.2 Å². The largest absolute Gasteiger partial charge is 0.462 e. The number of hydrogen-bond donors (Lipinski definition) is 5. The van der Waals surface area contributed by atoms with Crippen LogP contribution < -0.4 is 5.63 Å². The van der Waals surface area contributed by atoms with E-state index in [0.29, 0.717) is 37.7 Å². The first kappa shape index (κ1) is 33.0. The van der Waals surface area contributed by atoms with Crippen molar-refractivity contribution in [2.45, 2.75) is 139 Å². The Hall–Kier alpha value is -1.90. The second kappa shape index (κ2) is 11.4. The number of carbonyl (C=O) groups excluding carboxylic acids is 1. The van der Waals surface area contributed by atoms with Crippen molar-refractivity contribution < 1.29 is 53.7 Å². The van der Waals surface area contributed by atoms with E-state index in [0.717, 1.165) is 0 Å². The molecule has 2 heterocycles. The molecular weight excluding hydrogens is 588 g/mol. The molecular formula is C33H48O12. The summed E-state index contributed by atoms with van der Waals surface area (Å²) in [4.78, 5) is 24.1. The minimum atomic E-state index is -1.73. The molecule has 5 N–H and O–H groups in total. The van der Waals surface area contributed by atoms with Crippen molar-refractivity contribution in [3.05, 3.63) is 34.4 Å². The maximum absolute atomic E-state index is 12.8. The number of aliphatic hydroxyl groups excluding tert-OH is 3. The van der Waals surface area contributed by atoms with Crippen molar-refractivity contribution >= 4 is 5.97 Å². The first-order valence-electron chi connectivity index (χ1n) is 16.2. The van der Waals surface area contributed by atoms with Gasteiger partial charge < -0.3 is 48.9 Å². The molecule has 1 saturated heterocycles. The van der Waals surface area contributed by atoms with Crippen molar-refractivity contribution in [1.82, 2.24) is 0 Å². The Morgan fingerprint density at radius 3 is 2.42 bits per heavy atom. The Morgan fingerprint density at radius 2 is 1.78 bits per heavy atom. The lowest BCUT2D eigenvalue weighted by Gasteiger charge is -2.68. The van der Waals surface area contributed by atoms with Crippen LogP contribution in [-0.2, 0) is 23.7 Å². The highest BCUT2D eigenvalue weighted by Gasteiger charge is 2.77. The van der Waals surface area contributed by atoms with Gasteiger partial charge >= 0.3 is 11.6 Å². The summed E-state index contributed by atoms with van der Waals surface area (Å²) >= 11 is 0. The normalized spacial score (nSPS) is 51.1. The lowest BCUT2D eigenvalue weighted by Crippen LogP contribution is -2.75. The highest BCUT2D eigenvalue weighted by Crippen LogP contribution is 2.72. The summed E-state index contributed by atoms with van der Waals surface area (Å²) < 4.78 is 28.5. The van der Waals surface area contributed by atoms with Crippen molar-refractivity contribution in [2.24, 2.45) is 22.7 Å². The van der Waals surface area contributed by atoms with E-state index in [-0.39, 0.29) is 30.8 Å². The Morgan fingerprint density at radius 1 is 1.04 bits per heavy atom. The van der Waals surface area contributed by atoms with Crippen molar-refractivity contribution in [3.8, 4) is 0 Å². The van der Waals surface area contributed by atoms with Crippen LogP contribution in [0.1, 0.15) is 84.1 Å². The summed E-state index contributed by atoms with van der Waals surface area (Å²) in [6.45, 7) is 6.99. The molecule has 0 amide bonds. The number of methoxy groups -OCH3 is 1. The molecule has 45 heavy (non-hydrogen) atoms. The molecule has 1 aliphatic heterocycles. The molecule has 15 atom stereocenters. The number of ether oxygens (including phenoxy) is 4. The lowest BCUT2D eigenvalue weighted by molar-refractivity contribution is -0.328. The third-order valence-corrected chi connectivity index (χ3v) is 12.7. The summed E-state index contributed by atoms with van der Waals surface area (Å²) in [6.07, 6.45) is -2.93. The fourth-order valence-electron chi connectivity index (χ4n) is 10.5. The molecule has 12 nitrogen and oxygen atoms in total. The molecule has 252 valence electrons. The summed E-state index contributed by atoms with van der Waals surface area (Å²) in [6, 6.07) is 2.90. The maximum atomic E-state index is 12.8. The topological polar surface area (TPSA) is 185 Å². The standard InChI is InChI=1S/C33H48O12/c1-16-26(37)28(41-5)27(38)29(43-16)45-19-8-10-30(3)20(12-19)22(44-17(2)34)14-32(39)23(30)9-11-31(4)25(21(35)13-33(31,32)40)18-6-7-24(36)42-15-18/h6-7,15-16,19-23,25-29,35,37-40H,8-14H2,1-5H3. The number of rotatable bonds is 5. The first-order chi connectivity index (χ1) is 21.1. The molecule has 4 saturated carbocycles. The number of esters is 1. The van der Waals surface area contributed by atoms with Gasteiger partial charge in [-0.15, -0.1) is 0 Å². The zero-order valence-electron chi connectivity index (χ0n) is 26.6. The minimum Gasteiger partial charge on any atom is -0.462 e. The van der Waals surface area contributed by atoms with Crippen molar-refractivity contribution in [1.29, 1.82) is 0 Å². The third kappa shape index (κ3) is 4.85. The molecule has 0 spiro atoms. The summed E-state index contributed by atoms with van der Waals surface area (Å²) in [5.74, 6) is -1.69. The van der Waals surface area contributed by atoms with E-state index in [1.165, 1.54) is 26.4 Å². The van der Waals surface area contributed by atoms with Gasteiger partial charge in [0.1, 0.15) is 35.6 Å². The Labute approximate surface area is 262 Å². The Bertz CT molecular complexity index is 1310. The van der Waals surface area contributed by atoms with Crippen LogP contribution in [0.15, 0.2) is 27.6 Å². The monoisotopic (exact) mass is 636 g/mol. The molecule has 0 bridgehead atoms. The van der Waals surface area contributed by atoms with Crippen molar-refractivity contribution in [2.75, 3.05) is 7.11 Å². The summed E-state index contributed by atoms with van der Waals surface area (Å²) in [7, 11) is 1.41. The summed E-state index contributed by atoms with van der Waals surface area (Å²) in [5, 5.41) is 58.2. The molecule has 4 aliphatic carbocycles.